The number of piperidine rings is 1. The number of unbranched alkanes of at least 4 members (excludes halogenated alkanes) is 2. The molecule has 0 atom stereocenters. The minimum Gasteiger partial charge on any atom is -0.229 e. The van der Waals surface area contributed by atoms with Crippen LogP contribution in [0.25, 0.3) is 0 Å². The predicted molar refractivity (Wildman–Crippen MR) is 82.5 cm³/mol. The summed E-state index contributed by atoms with van der Waals surface area (Å²) in [7, 11) is -2.86. The molecule has 0 aromatic heterocycles. The fourth-order valence-corrected chi connectivity index (χ4v) is 4.43. The molecule has 1 heterocycles. The summed E-state index contributed by atoms with van der Waals surface area (Å²) in [6.07, 6.45) is 6.78. The minimum atomic E-state index is -2.86. The van der Waals surface area contributed by atoms with Gasteiger partial charge in [-0.1, -0.05) is 13.8 Å². The zero-order chi connectivity index (χ0) is 15.1. The van der Waals surface area contributed by atoms with E-state index in [0.717, 1.165) is 58.2 Å². The lowest BCUT2D eigenvalue weighted by Crippen LogP contribution is -2.49. The molecule has 0 unspecified atom stereocenters. The van der Waals surface area contributed by atoms with Crippen LogP contribution in [0.1, 0.15) is 58.8 Å². The van der Waals surface area contributed by atoms with Gasteiger partial charge in [0.15, 0.2) is 0 Å². The topological polar surface area (TPSA) is 54.4 Å². The second-order valence-corrected chi connectivity index (χ2v) is 9.03. The maximum Gasteiger partial charge on any atom is 0.150 e. The molecule has 0 aromatic carbocycles. The Balaban J connectivity index is 2.12. The number of sulfone groups is 1. The van der Waals surface area contributed by atoms with Gasteiger partial charge in [-0.2, -0.15) is 4.65 Å². The first kappa shape index (κ1) is 17.9. The number of rotatable bonds is 9. The molecule has 0 saturated carbocycles. The molecule has 0 bridgehead atoms. The molecule has 0 radical (unpaired) electrons. The summed E-state index contributed by atoms with van der Waals surface area (Å²) in [5.74, 6) is 1.08. The van der Waals surface area contributed by atoms with Crippen LogP contribution in [-0.4, -0.2) is 49.4 Å². The van der Waals surface area contributed by atoms with E-state index in [4.69, 9.17) is 0 Å². The highest BCUT2D eigenvalue weighted by Crippen LogP contribution is 2.17. The van der Waals surface area contributed by atoms with Crippen LogP contribution in [0.15, 0.2) is 0 Å². The highest BCUT2D eigenvalue weighted by molar-refractivity contribution is 7.91. The third-order valence-electron chi connectivity index (χ3n) is 4.18. The van der Waals surface area contributed by atoms with Gasteiger partial charge in [0.1, 0.15) is 29.5 Å². The van der Waals surface area contributed by atoms with Crippen molar-refractivity contribution in [1.82, 2.24) is 0 Å². The van der Waals surface area contributed by atoms with E-state index in [9.17, 15) is 13.6 Å². The molecular weight excluding hydrogens is 274 g/mol. The van der Waals surface area contributed by atoms with Gasteiger partial charge in [0.05, 0.1) is 11.5 Å². The first-order chi connectivity index (χ1) is 9.33. The van der Waals surface area contributed by atoms with E-state index in [1.165, 1.54) is 6.42 Å². The quantitative estimate of drug-likeness (QED) is 0.526. The summed E-state index contributed by atoms with van der Waals surface area (Å²) in [4.78, 5) is 0. The van der Waals surface area contributed by atoms with Crippen molar-refractivity contribution in [3.8, 4) is 0 Å². The third-order valence-corrected chi connectivity index (χ3v) is 5.95. The number of hydroxylamine groups is 3. The maximum atomic E-state index is 11.8. The van der Waals surface area contributed by atoms with Gasteiger partial charge in [-0.3, -0.25) is 0 Å². The van der Waals surface area contributed by atoms with Crippen LogP contribution in [0, 0.1) is 5.92 Å². The van der Waals surface area contributed by atoms with Crippen LogP contribution < -0.4 is 0 Å². The van der Waals surface area contributed by atoms with Crippen molar-refractivity contribution in [2.45, 2.75) is 58.8 Å². The van der Waals surface area contributed by atoms with Crippen molar-refractivity contribution in [2.24, 2.45) is 5.92 Å². The number of hydrogen-bond acceptors (Lipinski definition) is 3. The van der Waals surface area contributed by atoms with E-state index in [1.54, 1.807) is 0 Å². The molecule has 1 rings (SSSR count). The Labute approximate surface area is 124 Å². The van der Waals surface area contributed by atoms with Crippen LogP contribution in [0.5, 0.6) is 0 Å². The molecule has 5 heteroatoms. The zero-order valence-electron chi connectivity index (χ0n) is 13.2. The Morgan fingerprint density at radius 3 is 2.25 bits per heavy atom. The molecule has 0 aliphatic carbocycles. The lowest BCUT2D eigenvalue weighted by atomic mass is 10.1. The van der Waals surface area contributed by atoms with Gasteiger partial charge in [0.25, 0.3) is 0 Å². The molecule has 4 nitrogen and oxygen atoms in total. The number of quaternary nitrogens is 1. The van der Waals surface area contributed by atoms with Crippen molar-refractivity contribution in [1.29, 1.82) is 0 Å². The Morgan fingerprint density at radius 2 is 1.65 bits per heavy atom. The lowest BCUT2D eigenvalue weighted by molar-refractivity contribution is -1.10. The number of likely N-dealkylation sites (tertiary alicyclic amines) is 1. The smallest absolute Gasteiger partial charge is 0.150 e. The second-order valence-electron chi connectivity index (χ2n) is 6.72. The van der Waals surface area contributed by atoms with Crippen molar-refractivity contribution in [2.75, 3.05) is 31.1 Å². The zero-order valence-corrected chi connectivity index (χ0v) is 14.0. The van der Waals surface area contributed by atoms with Gasteiger partial charge < -0.3 is 0 Å². The fourth-order valence-electron chi connectivity index (χ4n) is 2.75. The third kappa shape index (κ3) is 7.60. The highest BCUT2D eigenvalue weighted by atomic mass is 32.2. The maximum absolute atomic E-state index is 11.8. The summed E-state index contributed by atoms with van der Waals surface area (Å²) in [5.41, 5.74) is 0. The molecule has 1 saturated heterocycles. The van der Waals surface area contributed by atoms with Crippen molar-refractivity contribution in [3.63, 3.8) is 0 Å². The van der Waals surface area contributed by atoms with E-state index >= 15 is 0 Å². The van der Waals surface area contributed by atoms with E-state index in [1.807, 2.05) is 0 Å². The first-order valence-corrected chi connectivity index (χ1v) is 9.94. The SMILES string of the molecule is CC(C)CCS(=O)(=O)CCCCC[N+]1(O)CCCCC1. The standard InChI is InChI=1S/C15H32NO3S/c1-15(2)9-14-20(18,19)13-8-4-7-12-16(17)10-5-3-6-11-16/h15,17H,3-14H2,1-2H3/q+1. The Kier molecular flexibility index (Phi) is 7.48. The van der Waals surface area contributed by atoms with Crippen LogP contribution >= 0.6 is 0 Å². The van der Waals surface area contributed by atoms with Gasteiger partial charge in [0.2, 0.25) is 0 Å². The molecule has 1 fully saturated rings. The first-order valence-electron chi connectivity index (χ1n) is 8.12. The Morgan fingerprint density at radius 1 is 1.00 bits per heavy atom. The summed E-state index contributed by atoms with van der Waals surface area (Å²) < 4.78 is 23.8. The molecule has 0 amide bonds. The summed E-state index contributed by atoms with van der Waals surface area (Å²) in [6.45, 7) is 6.63. The Hall–Kier alpha value is -0.130. The van der Waals surface area contributed by atoms with E-state index in [-0.39, 0.29) is 4.65 Å². The van der Waals surface area contributed by atoms with E-state index in [2.05, 4.69) is 13.8 Å². The van der Waals surface area contributed by atoms with Crippen LogP contribution in [0.3, 0.4) is 0 Å². The average Bonchev–Trinajstić information content (AvgIpc) is 2.37. The van der Waals surface area contributed by atoms with Crippen molar-refractivity contribution < 1.29 is 18.3 Å². The summed E-state index contributed by atoms with van der Waals surface area (Å²) in [5, 5.41) is 10.3. The summed E-state index contributed by atoms with van der Waals surface area (Å²) >= 11 is 0. The largest absolute Gasteiger partial charge is 0.229 e. The molecule has 1 aliphatic heterocycles. The molecule has 0 aromatic rings. The Bertz CT molecular complexity index is 359. The van der Waals surface area contributed by atoms with E-state index in [0.29, 0.717) is 17.4 Å². The van der Waals surface area contributed by atoms with Gasteiger partial charge in [-0.15, -0.1) is 0 Å². The van der Waals surface area contributed by atoms with Crippen molar-refractivity contribution in [3.05, 3.63) is 0 Å². The second kappa shape index (κ2) is 8.35. The minimum absolute atomic E-state index is 0.208. The van der Waals surface area contributed by atoms with E-state index < -0.39 is 9.84 Å². The predicted octanol–water partition coefficient (Wildman–Crippen LogP) is 3.01. The van der Waals surface area contributed by atoms with Gasteiger partial charge in [-0.25, -0.2) is 13.6 Å². The molecule has 1 N–H and O–H groups in total. The molecule has 1 aliphatic rings. The monoisotopic (exact) mass is 306 g/mol. The van der Waals surface area contributed by atoms with Gasteiger partial charge in [-0.05, 0) is 50.9 Å². The normalized spacial score (nSPS) is 19.4. The van der Waals surface area contributed by atoms with Crippen LogP contribution in [0.2, 0.25) is 0 Å². The summed E-state index contributed by atoms with van der Waals surface area (Å²) in [6, 6.07) is 0. The van der Waals surface area contributed by atoms with Crippen LogP contribution in [0.4, 0.5) is 0 Å². The number of hydrogen-bond donors (Lipinski definition) is 1. The molecule has 0 spiro atoms. The highest BCUT2D eigenvalue weighted by Gasteiger charge is 2.27. The van der Waals surface area contributed by atoms with Crippen LogP contribution in [-0.2, 0) is 9.84 Å². The molecule has 120 valence electrons. The molecular formula is C15H32NO3S+. The van der Waals surface area contributed by atoms with Gasteiger partial charge in [0, 0.05) is 0 Å². The number of nitrogens with zero attached hydrogens (tertiary/aromatic N) is 1. The fraction of sp³-hybridized carbons (Fsp3) is 1.00. The van der Waals surface area contributed by atoms with Crippen molar-refractivity contribution >= 4 is 9.84 Å². The molecule has 20 heavy (non-hydrogen) atoms. The lowest BCUT2D eigenvalue weighted by Gasteiger charge is -2.33. The average molecular weight is 306 g/mol. The van der Waals surface area contributed by atoms with Gasteiger partial charge >= 0.3 is 0 Å².